The van der Waals surface area contributed by atoms with Crippen molar-refractivity contribution in [3.05, 3.63) is 23.3 Å². The molecule has 8 nitrogen and oxygen atoms in total. The molecule has 0 aliphatic carbocycles. The summed E-state index contributed by atoms with van der Waals surface area (Å²) in [6.07, 6.45) is 0. The van der Waals surface area contributed by atoms with Crippen LogP contribution in [0.15, 0.2) is 17.0 Å². The Morgan fingerprint density at radius 1 is 1.00 bits per heavy atom. The standard InChI is InChI=1S/C15H21NO7S/c1-6-22-14(17)11-8-10(16(3,4)5)9-12(15(18)23-7-2)13(11)24(19,20)21/h8-9H,6-7H2,1-5H3/p+1. The number of quaternary nitrogens is 1. The molecule has 0 saturated carbocycles. The van der Waals surface area contributed by atoms with Crippen LogP contribution in [0.25, 0.3) is 0 Å². The zero-order chi connectivity index (χ0) is 18.7. The van der Waals surface area contributed by atoms with Gasteiger partial charge < -0.3 is 9.47 Å². The fourth-order valence-electron chi connectivity index (χ4n) is 2.00. The van der Waals surface area contributed by atoms with E-state index in [1.54, 1.807) is 35.0 Å². The molecule has 1 aromatic rings. The SMILES string of the molecule is CCOC(=O)c1cc([N+](C)(C)C)cc(C(=O)OCC)c1S(=O)(=O)O. The zero-order valence-electron chi connectivity index (χ0n) is 14.3. The number of esters is 2. The molecule has 24 heavy (non-hydrogen) atoms. The van der Waals surface area contributed by atoms with E-state index in [0.29, 0.717) is 5.69 Å². The average molecular weight is 360 g/mol. The summed E-state index contributed by atoms with van der Waals surface area (Å²) in [6, 6.07) is 2.56. The van der Waals surface area contributed by atoms with Gasteiger partial charge in [0.05, 0.1) is 45.5 Å². The number of rotatable bonds is 6. The Morgan fingerprint density at radius 2 is 1.38 bits per heavy atom. The fraction of sp³-hybridized carbons (Fsp3) is 0.467. The van der Waals surface area contributed by atoms with Gasteiger partial charge in [-0.2, -0.15) is 8.42 Å². The Morgan fingerprint density at radius 3 is 1.62 bits per heavy atom. The monoisotopic (exact) mass is 360 g/mol. The molecular formula is C15H22NO7S+. The Kier molecular flexibility index (Phi) is 6.09. The first-order chi connectivity index (χ1) is 10.9. The van der Waals surface area contributed by atoms with Crippen LogP contribution in [-0.4, -0.2) is 59.3 Å². The van der Waals surface area contributed by atoms with Crippen LogP contribution in [0.5, 0.6) is 0 Å². The van der Waals surface area contributed by atoms with Crippen molar-refractivity contribution >= 4 is 27.7 Å². The molecule has 0 amide bonds. The number of nitrogens with zero attached hydrogens (tertiary/aromatic N) is 1. The van der Waals surface area contributed by atoms with Gasteiger partial charge in [-0.15, -0.1) is 0 Å². The first kappa shape index (κ1) is 20.1. The van der Waals surface area contributed by atoms with Crippen molar-refractivity contribution in [2.45, 2.75) is 18.7 Å². The van der Waals surface area contributed by atoms with E-state index in [2.05, 4.69) is 0 Å². The molecule has 0 spiro atoms. The van der Waals surface area contributed by atoms with Gasteiger partial charge in [-0.25, -0.2) is 9.59 Å². The zero-order valence-corrected chi connectivity index (χ0v) is 15.1. The summed E-state index contributed by atoms with van der Waals surface area (Å²) >= 11 is 0. The van der Waals surface area contributed by atoms with Crippen LogP contribution in [0.4, 0.5) is 5.69 Å². The molecule has 0 fully saturated rings. The molecule has 0 atom stereocenters. The van der Waals surface area contributed by atoms with E-state index < -0.39 is 38.1 Å². The third-order valence-electron chi connectivity index (χ3n) is 3.10. The van der Waals surface area contributed by atoms with E-state index in [4.69, 9.17) is 9.47 Å². The molecular weight excluding hydrogens is 338 g/mol. The van der Waals surface area contributed by atoms with E-state index in [-0.39, 0.29) is 17.7 Å². The van der Waals surface area contributed by atoms with Gasteiger partial charge in [-0.1, -0.05) is 0 Å². The highest BCUT2D eigenvalue weighted by atomic mass is 32.2. The molecule has 1 N–H and O–H groups in total. The normalized spacial score (nSPS) is 11.9. The molecule has 0 bridgehead atoms. The van der Waals surface area contributed by atoms with Gasteiger partial charge in [0.25, 0.3) is 10.1 Å². The van der Waals surface area contributed by atoms with Crippen LogP contribution < -0.4 is 4.48 Å². The molecule has 0 radical (unpaired) electrons. The van der Waals surface area contributed by atoms with E-state index in [9.17, 15) is 22.6 Å². The molecule has 0 unspecified atom stereocenters. The summed E-state index contributed by atoms with van der Waals surface area (Å²) in [7, 11) is 0.449. The first-order valence-electron chi connectivity index (χ1n) is 7.25. The van der Waals surface area contributed by atoms with Gasteiger partial charge in [-0.3, -0.25) is 9.04 Å². The van der Waals surface area contributed by atoms with Gasteiger partial charge in [0.1, 0.15) is 10.6 Å². The second-order valence-electron chi connectivity index (χ2n) is 5.80. The topological polar surface area (TPSA) is 107 Å². The van der Waals surface area contributed by atoms with Crippen molar-refractivity contribution < 1.29 is 32.0 Å². The van der Waals surface area contributed by atoms with Crippen LogP contribution in [0, 0.1) is 0 Å². The van der Waals surface area contributed by atoms with Crippen molar-refractivity contribution in [2.24, 2.45) is 0 Å². The predicted octanol–water partition coefficient (Wildman–Crippen LogP) is 1.48. The van der Waals surface area contributed by atoms with E-state index in [1.165, 1.54) is 12.1 Å². The van der Waals surface area contributed by atoms with Crippen molar-refractivity contribution in [1.82, 2.24) is 4.48 Å². The highest BCUT2D eigenvalue weighted by molar-refractivity contribution is 7.86. The van der Waals surface area contributed by atoms with Gasteiger partial charge in [-0.05, 0) is 13.8 Å². The second-order valence-corrected chi connectivity index (χ2v) is 7.16. The molecule has 0 aliphatic rings. The predicted molar refractivity (Wildman–Crippen MR) is 87.7 cm³/mol. The van der Waals surface area contributed by atoms with Crippen molar-refractivity contribution in [2.75, 3.05) is 34.4 Å². The molecule has 0 heterocycles. The van der Waals surface area contributed by atoms with Crippen LogP contribution >= 0.6 is 0 Å². The Labute approximate surface area is 141 Å². The van der Waals surface area contributed by atoms with Crippen molar-refractivity contribution in [3.63, 3.8) is 0 Å². The lowest BCUT2D eigenvalue weighted by atomic mass is 10.1. The van der Waals surface area contributed by atoms with Crippen LogP contribution in [0.3, 0.4) is 0 Å². The molecule has 9 heteroatoms. The van der Waals surface area contributed by atoms with Gasteiger partial charge >= 0.3 is 11.9 Å². The lowest BCUT2D eigenvalue weighted by Crippen LogP contribution is -2.35. The quantitative estimate of drug-likeness (QED) is 0.465. The largest absolute Gasteiger partial charge is 0.462 e. The Balaban J connectivity index is 3.86. The van der Waals surface area contributed by atoms with Gasteiger partial charge in [0, 0.05) is 12.1 Å². The van der Waals surface area contributed by atoms with Gasteiger partial charge in [0.15, 0.2) is 0 Å². The minimum Gasteiger partial charge on any atom is -0.462 e. The number of hydrogen-bond acceptors (Lipinski definition) is 6. The van der Waals surface area contributed by atoms with E-state index in [1.807, 2.05) is 0 Å². The molecule has 0 saturated heterocycles. The number of carbonyl (C=O) groups is 2. The summed E-state index contributed by atoms with van der Waals surface area (Å²) in [5.41, 5.74) is -0.352. The third kappa shape index (κ3) is 4.53. The van der Waals surface area contributed by atoms with Crippen LogP contribution in [0.1, 0.15) is 34.6 Å². The fourth-order valence-corrected chi connectivity index (χ4v) is 2.84. The number of hydrogen-bond donors (Lipinski definition) is 1. The van der Waals surface area contributed by atoms with Gasteiger partial charge in [0.2, 0.25) is 0 Å². The number of benzene rings is 1. The number of carbonyl (C=O) groups excluding carboxylic acids is 2. The summed E-state index contributed by atoms with van der Waals surface area (Å²) < 4.78 is 43.0. The minimum absolute atomic E-state index is 0.00704. The molecule has 1 aromatic carbocycles. The van der Waals surface area contributed by atoms with Crippen molar-refractivity contribution in [3.8, 4) is 0 Å². The number of ether oxygens (including phenoxy) is 2. The van der Waals surface area contributed by atoms with Crippen LogP contribution in [0.2, 0.25) is 0 Å². The maximum absolute atomic E-state index is 12.2. The Bertz CT molecular complexity index is 709. The lowest BCUT2D eigenvalue weighted by molar-refractivity contribution is 0.0515. The first-order valence-corrected chi connectivity index (χ1v) is 8.69. The summed E-state index contributed by atoms with van der Waals surface area (Å²) in [6.45, 7) is 3.13. The third-order valence-corrected chi connectivity index (χ3v) is 4.05. The smallest absolute Gasteiger partial charge is 0.339 e. The van der Waals surface area contributed by atoms with Crippen LogP contribution in [-0.2, 0) is 19.6 Å². The Hall–Kier alpha value is -1.97. The summed E-state index contributed by atoms with van der Waals surface area (Å²) in [5, 5.41) is 0. The summed E-state index contributed by atoms with van der Waals surface area (Å²) in [5.74, 6) is -1.91. The highest BCUT2D eigenvalue weighted by Crippen LogP contribution is 2.30. The molecule has 0 aromatic heterocycles. The average Bonchev–Trinajstić information content (AvgIpc) is 2.44. The lowest BCUT2D eigenvalue weighted by Gasteiger charge is -2.25. The van der Waals surface area contributed by atoms with Crippen molar-refractivity contribution in [1.29, 1.82) is 0 Å². The molecule has 0 aliphatic heterocycles. The maximum Gasteiger partial charge on any atom is 0.339 e. The maximum atomic E-state index is 12.2. The highest BCUT2D eigenvalue weighted by Gasteiger charge is 2.32. The summed E-state index contributed by atoms with van der Waals surface area (Å²) in [4.78, 5) is 23.5. The van der Waals surface area contributed by atoms with E-state index in [0.717, 1.165) is 0 Å². The molecule has 134 valence electrons. The minimum atomic E-state index is -4.86. The van der Waals surface area contributed by atoms with E-state index >= 15 is 0 Å². The molecule has 1 rings (SSSR count). The second kappa shape index (κ2) is 7.29.